The Labute approximate surface area is 137 Å². The monoisotopic (exact) mass is 376 g/mol. The molecule has 3 rings (SSSR count). The molecule has 6 heteroatoms. The van der Waals surface area contributed by atoms with Gasteiger partial charge in [0.2, 0.25) is 0 Å². The van der Waals surface area contributed by atoms with Crippen molar-refractivity contribution < 1.29 is 8.42 Å². The lowest BCUT2D eigenvalue weighted by Gasteiger charge is -2.07. The molecule has 0 saturated heterocycles. The molecule has 0 radical (unpaired) electrons. The Hall–Kier alpha value is -1.92. The lowest BCUT2D eigenvalue weighted by molar-refractivity contribution is 0.586. The van der Waals surface area contributed by atoms with Crippen molar-refractivity contribution in [3.05, 3.63) is 71.2 Å². The van der Waals surface area contributed by atoms with E-state index in [1.807, 2.05) is 19.1 Å². The molecule has 2 heterocycles. The van der Waals surface area contributed by atoms with Gasteiger partial charge in [0, 0.05) is 29.7 Å². The van der Waals surface area contributed by atoms with Gasteiger partial charge in [-0.25, -0.2) is 12.4 Å². The summed E-state index contributed by atoms with van der Waals surface area (Å²) >= 11 is 3.33. The molecule has 0 aliphatic carbocycles. The van der Waals surface area contributed by atoms with Crippen LogP contribution >= 0.6 is 15.9 Å². The fourth-order valence-electron chi connectivity index (χ4n) is 2.12. The average Bonchev–Trinajstić information content (AvgIpc) is 2.91. The molecule has 0 spiro atoms. The van der Waals surface area contributed by atoms with Crippen molar-refractivity contribution in [3.63, 3.8) is 0 Å². The largest absolute Gasteiger partial charge is 0.268 e. The normalized spacial score (nSPS) is 11.5. The molecule has 0 saturated carbocycles. The summed E-state index contributed by atoms with van der Waals surface area (Å²) in [7, 11) is -3.62. The van der Waals surface area contributed by atoms with Crippen molar-refractivity contribution in [2.75, 3.05) is 0 Å². The summed E-state index contributed by atoms with van der Waals surface area (Å²) in [4.78, 5) is 4.31. The van der Waals surface area contributed by atoms with Gasteiger partial charge in [-0.3, -0.25) is 4.98 Å². The molecule has 1 aromatic carbocycles. The minimum Gasteiger partial charge on any atom is -0.264 e. The number of benzene rings is 1. The summed E-state index contributed by atoms with van der Waals surface area (Å²) in [6, 6.07) is 12.3. The number of hydrogen-bond acceptors (Lipinski definition) is 3. The first-order valence-electron chi connectivity index (χ1n) is 6.59. The van der Waals surface area contributed by atoms with Gasteiger partial charge >= 0.3 is 0 Å². The van der Waals surface area contributed by atoms with Crippen LogP contribution in [-0.2, 0) is 10.0 Å². The summed E-state index contributed by atoms with van der Waals surface area (Å²) in [5, 5.41) is 0. The highest BCUT2D eigenvalue weighted by molar-refractivity contribution is 9.10. The van der Waals surface area contributed by atoms with E-state index in [2.05, 4.69) is 20.9 Å². The van der Waals surface area contributed by atoms with Crippen LogP contribution in [0.5, 0.6) is 0 Å². The summed E-state index contributed by atoms with van der Waals surface area (Å²) < 4.78 is 27.2. The third-order valence-electron chi connectivity index (χ3n) is 3.31. The molecular weight excluding hydrogens is 364 g/mol. The zero-order valence-electron chi connectivity index (χ0n) is 11.8. The maximum Gasteiger partial charge on any atom is 0.268 e. The Balaban J connectivity index is 2.09. The van der Waals surface area contributed by atoms with E-state index in [0.29, 0.717) is 4.60 Å². The number of rotatable bonds is 3. The van der Waals surface area contributed by atoms with Crippen molar-refractivity contribution in [1.82, 2.24) is 8.96 Å². The highest BCUT2D eigenvalue weighted by Gasteiger charge is 2.20. The molecule has 3 aromatic rings. The lowest BCUT2D eigenvalue weighted by Crippen LogP contribution is -2.12. The number of nitrogens with zero attached hydrogens (tertiary/aromatic N) is 2. The second kappa shape index (κ2) is 5.70. The van der Waals surface area contributed by atoms with Crippen LogP contribution in [0.15, 0.2) is 70.6 Å². The van der Waals surface area contributed by atoms with E-state index >= 15 is 0 Å². The second-order valence-electron chi connectivity index (χ2n) is 4.91. The van der Waals surface area contributed by atoms with Crippen molar-refractivity contribution in [2.45, 2.75) is 11.8 Å². The van der Waals surface area contributed by atoms with Gasteiger partial charge in [0.05, 0.1) is 4.90 Å². The standard InChI is InChI=1S/C16H13BrN2O2S/c1-12-4-6-15(7-5-12)22(20,21)19-11-14(9-16(19)17)13-3-2-8-18-10-13/h2-11H,1H3. The van der Waals surface area contributed by atoms with Crippen molar-refractivity contribution in [3.8, 4) is 11.1 Å². The Morgan fingerprint density at radius 3 is 2.45 bits per heavy atom. The van der Waals surface area contributed by atoms with Crippen LogP contribution in [0.25, 0.3) is 11.1 Å². The molecule has 0 fully saturated rings. The lowest BCUT2D eigenvalue weighted by atomic mass is 10.2. The number of aryl methyl sites for hydroxylation is 1. The first-order valence-corrected chi connectivity index (χ1v) is 8.82. The minimum atomic E-state index is -3.62. The molecule has 22 heavy (non-hydrogen) atoms. The molecule has 112 valence electrons. The van der Waals surface area contributed by atoms with Crippen molar-refractivity contribution in [2.24, 2.45) is 0 Å². The molecule has 0 atom stereocenters. The average molecular weight is 377 g/mol. The van der Waals surface area contributed by atoms with Crippen LogP contribution in [0.4, 0.5) is 0 Å². The summed E-state index contributed by atoms with van der Waals surface area (Å²) in [6.07, 6.45) is 4.97. The van der Waals surface area contributed by atoms with Gasteiger partial charge in [0.1, 0.15) is 4.60 Å². The third kappa shape index (κ3) is 2.71. The van der Waals surface area contributed by atoms with Gasteiger partial charge in [-0.05, 0) is 47.1 Å². The topological polar surface area (TPSA) is 52.0 Å². The van der Waals surface area contributed by atoms with Crippen LogP contribution in [0.2, 0.25) is 0 Å². The highest BCUT2D eigenvalue weighted by atomic mass is 79.9. The molecule has 4 nitrogen and oxygen atoms in total. The Morgan fingerprint density at radius 1 is 1.09 bits per heavy atom. The fourth-order valence-corrected chi connectivity index (χ4v) is 4.28. The van der Waals surface area contributed by atoms with E-state index in [1.165, 1.54) is 3.97 Å². The molecule has 0 unspecified atom stereocenters. The number of hydrogen-bond donors (Lipinski definition) is 0. The zero-order chi connectivity index (χ0) is 15.7. The smallest absolute Gasteiger partial charge is 0.264 e. The Morgan fingerprint density at radius 2 is 1.82 bits per heavy atom. The Kier molecular flexibility index (Phi) is 3.88. The first-order chi connectivity index (χ1) is 10.5. The summed E-state index contributed by atoms with van der Waals surface area (Å²) in [5.41, 5.74) is 2.67. The quantitative estimate of drug-likeness (QED) is 0.697. The van der Waals surface area contributed by atoms with Crippen LogP contribution < -0.4 is 0 Å². The van der Waals surface area contributed by atoms with Gasteiger partial charge in [0.15, 0.2) is 0 Å². The van der Waals surface area contributed by atoms with Gasteiger partial charge in [-0.2, -0.15) is 0 Å². The third-order valence-corrected chi connectivity index (χ3v) is 5.85. The molecule has 0 aliphatic rings. The molecule has 0 amide bonds. The zero-order valence-corrected chi connectivity index (χ0v) is 14.2. The molecule has 2 aromatic heterocycles. The van der Waals surface area contributed by atoms with E-state index in [-0.39, 0.29) is 4.90 Å². The number of pyridine rings is 1. The predicted octanol–water partition coefficient (Wildman–Crippen LogP) is 3.86. The van der Waals surface area contributed by atoms with E-state index < -0.39 is 10.0 Å². The van der Waals surface area contributed by atoms with Gasteiger partial charge in [-0.1, -0.05) is 23.8 Å². The second-order valence-corrected chi connectivity index (χ2v) is 7.53. The van der Waals surface area contributed by atoms with Gasteiger partial charge < -0.3 is 0 Å². The van der Waals surface area contributed by atoms with Crippen LogP contribution in [0.1, 0.15) is 5.56 Å². The van der Waals surface area contributed by atoms with E-state index in [0.717, 1.165) is 16.7 Å². The first kappa shape index (κ1) is 15.0. The predicted molar refractivity (Wildman–Crippen MR) is 89.1 cm³/mol. The maximum absolute atomic E-state index is 12.7. The van der Waals surface area contributed by atoms with E-state index in [4.69, 9.17) is 0 Å². The fraction of sp³-hybridized carbons (Fsp3) is 0.0625. The number of aromatic nitrogens is 2. The molecule has 0 bridgehead atoms. The molecule has 0 aliphatic heterocycles. The van der Waals surface area contributed by atoms with Crippen LogP contribution in [0.3, 0.4) is 0 Å². The highest BCUT2D eigenvalue weighted by Crippen LogP contribution is 2.28. The molecular formula is C16H13BrN2O2S. The van der Waals surface area contributed by atoms with E-state index in [1.54, 1.807) is 48.9 Å². The summed E-state index contributed by atoms with van der Waals surface area (Å²) in [6.45, 7) is 1.92. The summed E-state index contributed by atoms with van der Waals surface area (Å²) in [5.74, 6) is 0. The van der Waals surface area contributed by atoms with Crippen molar-refractivity contribution in [1.29, 1.82) is 0 Å². The van der Waals surface area contributed by atoms with Gasteiger partial charge in [-0.15, -0.1) is 0 Å². The Bertz CT molecular complexity index is 901. The van der Waals surface area contributed by atoms with Crippen molar-refractivity contribution >= 4 is 26.0 Å². The van der Waals surface area contributed by atoms with E-state index in [9.17, 15) is 8.42 Å². The van der Waals surface area contributed by atoms with Gasteiger partial charge in [0.25, 0.3) is 10.0 Å². The SMILES string of the molecule is Cc1ccc(S(=O)(=O)n2cc(-c3cccnc3)cc2Br)cc1. The minimum absolute atomic E-state index is 0.257. The molecule has 0 N–H and O–H groups in total. The van der Waals surface area contributed by atoms with Crippen LogP contribution in [-0.4, -0.2) is 17.4 Å². The van der Waals surface area contributed by atoms with Crippen LogP contribution in [0, 0.1) is 6.92 Å². The maximum atomic E-state index is 12.7. The number of halogens is 1.